The molecule has 3 aromatic carbocycles. The fourth-order valence-electron chi connectivity index (χ4n) is 11.5. The number of Topliss-reactive ketones (excluding diaryl/α,β-unsaturated/α-hetero) is 1. The molecule has 0 aromatic heterocycles. The van der Waals surface area contributed by atoms with Crippen LogP contribution in [0.1, 0.15) is 102 Å². The van der Waals surface area contributed by atoms with E-state index in [0.29, 0.717) is 11.1 Å². The average Bonchev–Trinajstić information content (AvgIpc) is 3.73. The quantitative estimate of drug-likeness (QED) is 0.0892. The number of alkyl halides is 3. The number of ketones is 1. The molecule has 20 heteroatoms. The first-order valence-electron chi connectivity index (χ1n) is 23.7. The van der Waals surface area contributed by atoms with E-state index < -0.39 is 135 Å². The van der Waals surface area contributed by atoms with Gasteiger partial charge in [0.25, 0.3) is 0 Å². The molecule has 8 rings (SSSR count). The lowest BCUT2D eigenvalue weighted by atomic mass is 9.44. The van der Waals surface area contributed by atoms with E-state index in [1.807, 2.05) is 0 Å². The number of ether oxygens (including phenoxy) is 8. The van der Waals surface area contributed by atoms with E-state index in [2.05, 4.69) is 0 Å². The zero-order valence-corrected chi connectivity index (χ0v) is 43.6. The molecule has 73 heavy (non-hydrogen) atoms. The minimum absolute atomic E-state index is 0.0368. The minimum Gasteiger partial charge on any atom is -0.456 e. The topological polar surface area (TPSA) is 220 Å². The van der Waals surface area contributed by atoms with Crippen molar-refractivity contribution in [1.82, 2.24) is 4.90 Å². The lowest BCUT2D eigenvalue weighted by Gasteiger charge is -2.67. The Hall–Kier alpha value is -5.27. The number of amides is 1. The van der Waals surface area contributed by atoms with Crippen LogP contribution in [-0.4, -0.2) is 121 Å². The number of aliphatic hydroxyl groups is 2. The molecule has 4 fully saturated rings. The van der Waals surface area contributed by atoms with Crippen molar-refractivity contribution in [3.8, 4) is 0 Å². The van der Waals surface area contributed by atoms with Crippen LogP contribution >= 0.6 is 34.8 Å². The number of hydrogen-bond donors (Lipinski definition) is 2. The van der Waals surface area contributed by atoms with Crippen molar-refractivity contribution in [3.05, 3.63) is 119 Å². The summed E-state index contributed by atoms with van der Waals surface area (Å²) in [5, 5.41) is 26.4. The molecule has 0 radical (unpaired) electrons. The van der Waals surface area contributed by atoms with Gasteiger partial charge in [0.2, 0.25) is 3.79 Å². The third-order valence-corrected chi connectivity index (χ3v) is 15.2. The van der Waals surface area contributed by atoms with E-state index in [1.54, 1.807) is 99.6 Å². The molecular weight excluding hydrogens is 1010 g/mol. The highest BCUT2D eigenvalue weighted by Gasteiger charge is 2.78. The van der Waals surface area contributed by atoms with Crippen molar-refractivity contribution in [1.29, 1.82) is 0 Å². The van der Waals surface area contributed by atoms with E-state index in [4.69, 9.17) is 72.7 Å². The fraction of sp³-hybridized carbons (Fsp3) is 0.509. The molecule has 5 aliphatic rings. The van der Waals surface area contributed by atoms with Gasteiger partial charge in [0, 0.05) is 30.7 Å². The number of carbonyl (C=O) groups is 6. The summed E-state index contributed by atoms with van der Waals surface area (Å²) >= 11 is 17.8. The monoisotopic (exact) mass is 1070 g/mol. The van der Waals surface area contributed by atoms with E-state index in [-0.39, 0.29) is 29.7 Å². The van der Waals surface area contributed by atoms with Gasteiger partial charge in [0.1, 0.15) is 42.2 Å². The first-order chi connectivity index (χ1) is 34.1. The van der Waals surface area contributed by atoms with Gasteiger partial charge >= 0.3 is 30.2 Å². The normalized spacial score (nSPS) is 32.6. The molecule has 2 saturated carbocycles. The smallest absolute Gasteiger partial charge is 0.456 e. The average molecular weight is 1070 g/mol. The Morgan fingerprint density at radius 2 is 1.44 bits per heavy atom. The Balaban J connectivity index is 1.32. The van der Waals surface area contributed by atoms with Crippen molar-refractivity contribution in [3.63, 3.8) is 0 Å². The number of hydrogen-bond acceptors (Lipinski definition) is 16. The molecule has 12 atom stereocenters. The molecule has 2 heterocycles. The summed E-state index contributed by atoms with van der Waals surface area (Å²) < 4.78 is 46.6. The maximum atomic E-state index is 16.0. The number of aliphatic hydroxyl groups excluding tert-OH is 1. The van der Waals surface area contributed by atoms with Crippen LogP contribution in [0.3, 0.4) is 0 Å². The molecule has 0 spiro atoms. The van der Waals surface area contributed by atoms with Crippen LogP contribution in [0, 0.1) is 16.7 Å². The number of halogens is 3. The molecule has 3 aliphatic carbocycles. The predicted molar refractivity (Wildman–Crippen MR) is 261 cm³/mol. The molecule has 1 amide bonds. The molecule has 2 N–H and O–H groups in total. The number of carbonyl (C=O) groups excluding carboxylic acids is 6. The van der Waals surface area contributed by atoms with Crippen molar-refractivity contribution in [2.75, 3.05) is 13.2 Å². The summed E-state index contributed by atoms with van der Waals surface area (Å²) in [5.74, 6) is -5.48. The Morgan fingerprint density at radius 1 is 0.849 bits per heavy atom. The highest BCUT2D eigenvalue weighted by Crippen LogP contribution is 2.64. The molecule has 2 bridgehead atoms. The number of nitrogens with zero attached hydrogens (tertiary/aromatic N) is 1. The van der Waals surface area contributed by atoms with Crippen molar-refractivity contribution < 1.29 is 76.9 Å². The molecule has 3 aromatic rings. The Morgan fingerprint density at radius 3 is 1.99 bits per heavy atom. The predicted octanol–water partition coefficient (Wildman–Crippen LogP) is 8.24. The molecule has 2 aliphatic heterocycles. The van der Waals surface area contributed by atoms with E-state index >= 15 is 9.59 Å². The van der Waals surface area contributed by atoms with Crippen molar-refractivity contribution in [2.45, 2.75) is 138 Å². The highest BCUT2D eigenvalue weighted by molar-refractivity contribution is 6.67. The van der Waals surface area contributed by atoms with Gasteiger partial charge in [-0.3, -0.25) is 14.5 Å². The summed E-state index contributed by atoms with van der Waals surface area (Å²) in [7, 11) is 0. The van der Waals surface area contributed by atoms with Crippen LogP contribution in [0.2, 0.25) is 0 Å². The maximum Gasteiger partial charge on any atom is 0.509 e. The van der Waals surface area contributed by atoms with Crippen LogP contribution in [0.4, 0.5) is 9.59 Å². The molecule has 0 unspecified atom stereocenters. The van der Waals surface area contributed by atoms with E-state index in [0.717, 1.165) is 6.92 Å². The first kappa shape index (κ1) is 54.0. The van der Waals surface area contributed by atoms with Gasteiger partial charge in [-0.05, 0) is 63.5 Å². The summed E-state index contributed by atoms with van der Waals surface area (Å²) in [6.07, 6.45) is -14.3. The second-order valence-electron chi connectivity index (χ2n) is 20.9. The molecule has 17 nitrogen and oxygen atoms in total. The Kier molecular flexibility index (Phi) is 14.6. The molecular formula is C53H58Cl3NO16. The van der Waals surface area contributed by atoms with Crippen LogP contribution in [0.25, 0.3) is 0 Å². The van der Waals surface area contributed by atoms with Gasteiger partial charge in [-0.1, -0.05) is 128 Å². The van der Waals surface area contributed by atoms with E-state index in [9.17, 15) is 29.4 Å². The highest BCUT2D eigenvalue weighted by atomic mass is 35.6. The van der Waals surface area contributed by atoms with Gasteiger partial charge in [-0.2, -0.15) is 0 Å². The third kappa shape index (κ3) is 9.82. The zero-order chi connectivity index (χ0) is 53.2. The van der Waals surface area contributed by atoms with Gasteiger partial charge in [0.05, 0.1) is 29.6 Å². The summed E-state index contributed by atoms with van der Waals surface area (Å²) in [6, 6.07) is 24.0. The lowest BCUT2D eigenvalue weighted by molar-refractivity contribution is -0.346. The second kappa shape index (κ2) is 19.8. The summed E-state index contributed by atoms with van der Waals surface area (Å²) in [6.45, 7) is 10.9. The van der Waals surface area contributed by atoms with Crippen molar-refractivity contribution >= 4 is 70.7 Å². The summed E-state index contributed by atoms with van der Waals surface area (Å²) in [4.78, 5) is 88.6. The SMILES string of the molecule is CC(=O)O[C@@]12CO[C@@H]1C[C@H](O)[C@@]1(C)C(=O)[C@H](OC(=O)OCC(Cl)(Cl)Cl)C3=C(C)[C@@H](OC(=O)[C@@H]4O[C@H](c5ccccc5)N(C(=O)OC(C)(C)C)[C@H]4c4ccccc4)C[C@@](O)([C@@H](OC(=O)c4ccccc4)[C@H]21)C3(C)C. The van der Waals surface area contributed by atoms with Crippen LogP contribution in [0.15, 0.2) is 102 Å². The number of esters is 3. The van der Waals surface area contributed by atoms with Gasteiger partial charge < -0.3 is 48.1 Å². The third-order valence-electron chi connectivity index (χ3n) is 14.9. The maximum absolute atomic E-state index is 16.0. The van der Waals surface area contributed by atoms with Gasteiger partial charge in [-0.25, -0.2) is 19.2 Å². The second-order valence-corrected chi connectivity index (χ2v) is 23.4. The zero-order valence-electron chi connectivity index (χ0n) is 41.4. The fourth-order valence-corrected chi connectivity index (χ4v) is 11.6. The number of benzene rings is 3. The standard InChI is InChI=1S/C53H58Cl3NO16/c1-28-33(68-45(62)39-37(30-18-12-9-13-19-30)57(46(63)73-48(3,4)5)43(69-39)31-20-14-10-15-21-31)25-52(65)42(71-44(61)32-22-16-11-17-23-32)40-50(8,34(59)24-35-51(40,26-66-35)72-29(2)58)41(60)38(36(28)49(52,6)7)70-47(64)67-27-53(54,55)56/h9-23,33-35,37-40,42-43,59,65H,24-27H2,1-8H3/t33-,34-,35+,37-,38+,39+,40-,42-,43+,50+,51-,52+/m0/s1. The first-order valence-corrected chi connectivity index (χ1v) is 24.9. The van der Waals surface area contributed by atoms with Gasteiger partial charge in [0.15, 0.2) is 29.8 Å². The largest absolute Gasteiger partial charge is 0.509 e. The van der Waals surface area contributed by atoms with Gasteiger partial charge in [-0.15, -0.1) is 0 Å². The van der Waals surface area contributed by atoms with Crippen molar-refractivity contribution in [2.24, 2.45) is 16.7 Å². The summed E-state index contributed by atoms with van der Waals surface area (Å²) in [5.41, 5.74) is -8.36. The van der Waals surface area contributed by atoms with E-state index in [1.165, 1.54) is 44.7 Å². The van der Waals surface area contributed by atoms with Crippen LogP contribution < -0.4 is 0 Å². The molecule has 2 saturated heterocycles. The Labute approximate surface area is 437 Å². The van der Waals surface area contributed by atoms with Crippen LogP contribution in [-0.2, 0) is 52.3 Å². The number of fused-ring (bicyclic) bond motifs is 5. The number of rotatable bonds is 9. The molecule has 392 valence electrons. The van der Waals surface area contributed by atoms with Crippen LogP contribution in [0.5, 0.6) is 0 Å². The lowest BCUT2D eigenvalue weighted by Crippen LogP contribution is -2.82. The Bertz CT molecular complexity index is 2660. The minimum atomic E-state index is -2.50.